The van der Waals surface area contributed by atoms with Gasteiger partial charge in [0.15, 0.2) is 0 Å². The highest BCUT2D eigenvalue weighted by molar-refractivity contribution is 5.82. The monoisotopic (exact) mass is 240 g/mol. The van der Waals surface area contributed by atoms with Gasteiger partial charge in [-0.05, 0) is 31.8 Å². The van der Waals surface area contributed by atoms with Crippen LogP contribution in [0.5, 0.6) is 0 Å². The molecule has 0 aromatic heterocycles. The fourth-order valence-electron chi connectivity index (χ4n) is 2.89. The Labute approximate surface area is 104 Å². The molecule has 2 aliphatic rings. The number of carbonyl (C=O) groups is 1. The summed E-state index contributed by atoms with van der Waals surface area (Å²) in [4.78, 5) is 14.5. The van der Waals surface area contributed by atoms with E-state index in [0.29, 0.717) is 25.0 Å². The lowest BCUT2D eigenvalue weighted by molar-refractivity contribution is -0.148. The minimum atomic E-state index is -0.223. The van der Waals surface area contributed by atoms with Crippen molar-refractivity contribution in [2.75, 3.05) is 39.4 Å². The number of ether oxygens (including phenoxy) is 1. The molecule has 0 aromatic rings. The quantitative estimate of drug-likeness (QED) is 0.779. The number of morpholine rings is 1. The zero-order valence-corrected chi connectivity index (χ0v) is 11.0. The van der Waals surface area contributed by atoms with E-state index in [0.717, 1.165) is 39.0 Å². The lowest BCUT2D eigenvalue weighted by Gasteiger charge is -2.40. The molecule has 0 aromatic carbocycles. The van der Waals surface area contributed by atoms with E-state index < -0.39 is 0 Å². The van der Waals surface area contributed by atoms with Gasteiger partial charge in [-0.25, -0.2) is 0 Å². The Kier molecular flexibility index (Phi) is 4.05. The van der Waals surface area contributed by atoms with Gasteiger partial charge in [-0.15, -0.1) is 0 Å². The van der Waals surface area contributed by atoms with Crippen LogP contribution in [0.3, 0.4) is 0 Å². The van der Waals surface area contributed by atoms with Crippen LogP contribution in [0, 0.1) is 11.3 Å². The second-order valence-corrected chi connectivity index (χ2v) is 5.65. The summed E-state index contributed by atoms with van der Waals surface area (Å²) in [5.41, 5.74) is -0.223. The molecule has 1 amide bonds. The minimum absolute atomic E-state index is 0.223. The van der Waals surface area contributed by atoms with Gasteiger partial charge >= 0.3 is 0 Å². The van der Waals surface area contributed by atoms with Gasteiger partial charge in [-0.1, -0.05) is 13.8 Å². The van der Waals surface area contributed by atoms with Gasteiger partial charge in [0.1, 0.15) is 0 Å². The van der Waals surface area contributed by atoms with E-state index in [-0.39, 0.29) is 5.41 Å². The van der Waals surface area contributed by atoms with Crippen LogP contribution in [0.4, 0.5) is 0 Å². The molecule has 0 unspecified atom stereocenters. The Balaban J connectivity index is 1.99. The number of hydrogen-bond donors (Lipinski definition) is 1. The molecule has 2 rings (SSSR count). The van der Waals surface area contributed by atoms with Crippen LogP contribution < -0.4 is 5.32 Å². The summed E-state index contributed by atoms with van der Waals surface area (Å²) in [6.45, 7) is 9.21. The summed E-state index contributed by atoms with van der Waals surface area (Å²) < 4.78 is 5.30. The molecule has 0 spiro atoms. The summed E-state index contributed by atoms with van der Waals surface area (Å²) in [5.74, 6) is 0.826. The maximum Gasteiger partial charge on any atom is 0.228 e. The van der Waals surface area contributed by atoms with Crippen molar-refractivity contribution >= 4 is 5.91 Å². The number of amides is 1. The molecule has 2 aliphatic heterocycles. The van der Waals surface area contributed by atoms with E-state index in [4.69, 9.17) is 4.74 Å². The van der Waals surface area contributed by atoms with Gasteiger partial charge in [0.2, 0.25) is 5.91 Å². The van der Waals surface area contributed by atoms with Crippen LogP contribution >= 0.6 is 0 Å². The molecule has 2 saturated heterocycles. The molecule has 0 aliphatic carbocycles. The standard InChI is InChI=1S/C13H24N2O2/c1-13(2,11-3-5-14-6-4-11)12(16)15-7-9-17-10-8-15/h11,14H,3-10H2,1-2H3. The third kappa shape index (κ3) is 2.80. The van der Waals surface area contributed by atoms with E-state index in [2.05, 4.69) is 19.2 Å². The molecule has 0 bridgehead atoms. The largest absolute Gasteiger partial charge is 0.378 e. The van der Waals surface area contributed by atoms with Crippen molar-refractivity contribution in [3.8, 4) is 0 Å². The summed E-state index contributed by atoms with van der Waals surface area (Å²) >= 11 is 0. The SMILES string of the molecule is CC(C)(C(=O)N1CCOCC1)C1CCNCC1. The number of nitrogens with one attached hydrogen (secondary N) is 1. The van der Waals surface area contributed by atoms with Gasteiger partial charge in [-0.3, -0.25) is 4.79 Å². The van der Waals surface area contributed by atoms with Crippen molar-refractivity contribution in [3.63, 3.8) is 0 Å². The molecule has 2 fully saturated rings. The molecule has 4 heteroatoms. The number of nitrogens with zero attached hydrogens (tertiary/aromatic N) is 1. The van der Waals surface area contributed by atoms with Gasteiger partial charge in [0, 0.05) is 18.5 Å². The topological polar surface area (TPSA) is 41.6 Å². The molecule has 0 radical (unpaired) electrons. The first-order valence-corrected chi connectivity index (χ1v) is 6.70. The van der Waals surface area contributed by atoms with Crippen molar-refractivity contribution in [3.05, 3.63) is 0 Å². The van der Waals surface area contributed by atoms with E-state index in [1.54, 1.807) is 0 Å². The summed E-state index contributed by atoms with van der Waals surface area (Å²) in [5, 5.41) is 3.36. The Hall–Kier alpha value is -0.610. The molecule has 1 N–H and O–H groups in total. The van der Waals surface area contributed by atoms with Gasteiger partial charge in [-0.2, -0.15) is 0 Å². The Morgan fingerprint density at radius 3 is 2.41 bits per heavy atom. The van der Waals surface area contributed by atoms with Crippen LogP contribution in [0.1, 0.15) is 26.7 Å². The maximum absolute atomic E-state index is 12.6. The minimum Gasteiger partial charge on any atom is -0.378 e. The van der Waals surface area contributed by atoms with Crippen molar-refractivity contribution in [2.24, 2.45) is 11.3 Å². The lowest BCUT2D eigenvalue weighted by atomic mass is 9.73. The zero-order valence-electron chi connectivity index (χ0n) is 11.0. The van der Waals surface area contributed by atoms with Crippen LogP contribution in [-0.4, -0.2) is 50.2 Å². The van der Waals surface area contributed by atoms with Crippen molar-refractivity contribution < 1.29 is 9.53 Å². The van der Waals surface area contributed by atoms with Crippen molar-refractivity contribution in [1.29, 1.82) is 0 Å². The van der Waals surface area contributed by atoms with Crippen LogP contribution in [0.2, 0.25) is 0 Å². The van der Waals surface area contributed by atoms with E-state index in [9.17, 15) is 4.79 Å². The summed E-state index contributed by atoms with van der Waals surface area (Å²) in [6, 6.07) is 0. The highest BCUT2D eigenvalue weighted by atomic mass is 16.5. The highest BCUT2D eigenvalue weighted by Crippen LogP contribution is 2.35. The van der Waals surface area contributed by atoms with E-state index in [1.807, 2.05) is 4.90 Å². The zero-order chi connectivity index (χ0) is 12.3. The second kappa shape index (κ2) is 5.36. The van der Waals surface area contributed by atoms with Crippen molar-refractivity contribution in [2.45, 2.75) is 26.7 Å². The first-order valence-electron chi connectivity index (χ1n) is 6.70. The average molecular weight is 240 g/mol. The molecular weight excluding hydrogens is 216 g/mol. The smallest absolute Gasteiger partial charge is 0.228 e. The fourth-order valence-corrected chi connectivity index (χ4v) is 2.89. The third-order valence-electron chi connectivity index (χ3n) is 4.21. The molecule has 17 heavy (non-hydrogen) atoms. The molecule has 98 valence electrons. The first kappa shape index (κ1) is 12.8. The first-order chi connectivity index (χ1) is 8.12. The fraction of sp³-hybridized carbons (Fsp3) is 0.923. The van der Waals surface area contributed by atoms with Crippen LogP contribution in [-0.2, 0) is 9.53 Å². The molecular formula is C13H24N2O2. The van der Waals surface area contributed by atoms with Crippen molar-refractivity contribution in [1.82, 2.24) is 10.2 Å². The van der Waals surface area contributed by atoms with Gasteiger partial charge < -0.3 is 15.0 Å². The number of carbonyl (C=O) groups excluding carboxylic acids is 1. The highest BCUT2D eigenvalue weighted by Gasteiger charge is 2.39. The maximum atomic E-state index is 12.6. The summed E-state index contributed by atoms with van der Waals surface area (Å²) in [6.07, 6.45) is 2.23. The third-order valence-corrected chi connectivity index (χ3v) is 4.21. The Morgan fingerprint density at radius 2 is 1.82 bits per heavy atom. The predicted molar refractivity (Wildman–Crippen MR) is 66.8 cm³/mol. The normalized spacial score (nSPS) is 23.8. The molecule has 0 atom stereocenters. The second-order valence-electron chi connectivity index (χ2n) is 5.65. The van der Waals surface area contributed by atoms with Crippen LogP contribution in [0.25, 0.3) is 0 Å². The van der Waals surface area contributed by atoms with Gasteiger partial charge in [0.05, 0.1) is 13.2 Å². The number of piperidine rings is 1. The predicted octanol–water partition coefficient (Wildman–Crippen LogP) is 0.871. The van der Waals surface area contributed by atoms with E-state index >= 15 is 0 Å². The molecule has 4 nitrogen and oxygen atoms in total. The van der Waals surface area contributed by atoms with Gasteiger partial charge in [0.25, 0.3) is 0 Å². The average Bonchev–Trinajstić information content (AvgIpc) is 2.40. The summed E-state index contributed by atoms with van der Waals surface area (Å²) in [7, 11) is 0. The molecule has 0 saturated carbocycles. The Morgan fingerprint density at radius 1 is 1.24 bits per heavy atom. The number of rotatable bonds is 2. The lowest BCUT2D eigenvalue weighted by Crippen LogP contribution is -2.50. The molecule has 2 heterocycles. The Bertz CT molecular complexity index is 267. The number of hydrogen-bond acceptors (Lipinski definition) is 3. The van der Waals surface area contributed by atoms with Crippen LogP contribution in [0.15, 0.2) is 0 Å². The van der Waals surface area contributed by atoms with E-state index in [1.165, 1.54) is 0 Å².